The molecule has 0 radical (unpaired) electrons. The van der Waals surface area contributed by atoms with Crippen molar-refractivity contribution in [3.63, 3.8) is 0 Å². The number of benzene rings is 1. The maximum atomic E-state index is 12.7. The Labute approximate surface area is 176 Å². The SMILES string of the molecule is O=C(CC1CCCC1)N1CCO[C@@H](c2cc(CCOc3ccc(Cl)cc3)[nH]n2)C1. The van der Waals surface area contributed by atoms with Crippen LogP contribution >= 0.6 is 11.6 Å². The Kier molecular flexibility index (Phi) is 6.72. The molecule has 1 aromatic carbocycles. The van der Waals surface area contributed by atoms with Gasteiger partial charge in [0.25, 0.3) is 0 Å². The van der Waals surface area contributed by atoms with Gasteiger partial charge in [0.1, 0.15) is 11.9 Å². The molecule has 0 bridgehead atoms. The molecule has 1 aliphatic carbocycles. The average Bonchev–Trinajstić information content (AvgIpc) is 3.42. The van der Waals surface area contributed by atoms with E-state index < -0.39 is 0 Å². The minimum Gasteiger partial charge on any atom is -0.493 e. The summed E-state index contributed by atoms with van der Waals surface area (Å²) in [6.45, 7) is 2.36. The number of rotatable bonds is 7. The summed E-state index contributed by atoms with van der Waals surface area (Å²) in [5.41, 5.74) is 1.84. The fraction of sp³-hybridized carbons (Fsp3) is 0.545. The summed E-state index contributed by atoms with van der Waals surface area (Å²) in [6.07, 6.45) is 6.15. The van der Waals surface area contributed by atoms with E-state index in [1.165, 1.54) is 25.7 Å². The highest BCUT2D eigenvalue weighted by atomic mass is 35.5. The molecule has 1 aromatic heterocycles. The van der Waals surface area contributed by atoms with Crippen LogP contribution in [0.15, 0.2) is 30.3 Å². The number of amides is 1. The van der Waals surface area contributed by atoms with Gasteiger partial charge in [-0.05, 0) is 49.1 Å². The summed E-state index contributed by atoms with van der Waals surface area (Å²) in [5.74, 6) is 1.62. The first kappa shape index (κ1) is 20.2. The molecule has 1 N–H and O–H groups in total. The van der Waals surface area contributed by atoms with Gasteiger partial charge in [0.15, 0.2) is 0 Å². The fourth-order valence-electron chi connectivity index (χ4n) is 4.13. The van der Waals surface area contributed by atoms with Crippen LogP contribution in [-0.2, 0) is 16.0 Å². The van der Waals surface area contributed by atoms with Crippen LogP contribution in [0.2, 0.25) is 5.02 Å². The third-order valence-corrected chi connectivity index (χ3v) is 6.04. The number of carbonyl (C=O) groups excluding carboxylic acids is 1. The van der Waals surface area contributed by atoms with Crippen molar-refractivity contribution in [2.24, 2.45) is 5.92 Å². The Bertz CT molecular complexity index is 802. The molecule has 1 saturated heterocycles. The molecule has 2 fully saturated rings. The maximum absolute atomic E-state index is 12.7. The fourth-order valence-corrected chi connectivity index (χ4v) is 4.25. The summed E-state index contributed by atoms with van der Waals surface area (Å²) < 4.78 is 11.6. The molecule has 1 saturated carbocycles. The monoisotopic (exact) mass is 417 g/mol. The molecule has 0 unspecified atom stereocenters. The number of aromatic amines is 1. The van der Waals surface area contributed by atoms with E-state index in [2.05, 4.69) is 10.2 Å². The number of aromatic nitrogens is 2. The van der Waals surface area contributed by atoms with Gasteiger partial charge in [-0.2, -0.15) is 5.10 Å². The Morgan fingerprint density at radius 3 is 2.86 bits per heavy atom. The second kappa shape index (κ2) is 9.63. The molecule has 1 amide bonds. The van der Waals surface area contributed by atoms with Crippen LogP contribution in [0.1, 0.15) is 49.6 Å². The molecular formula is C22H28ClN3O3. The molecule has 0 spiro atoms. The molecule has 7 heteroatoms. The van der Waals surface area contributed by atoms with Crippen LogP contribution in [0.25, 0.3) is 0 Å². The molecular weight excluding hydrogens is 390 g/mol. The summed E-state index contributed by atoms with van der Waals surface area (Å²) >= 11 is 5.88. The molecule has 6 nitrogen and oxygen atoms in total. The number of halogens is 1. The van der Waals surface area contributed by atoms with Crippen molar-refractivity contribution in [1.29, 1.82) is 0 Å². The highest BCUT2D eigenvalue weighted by Crippen LogP contribution is 2.29. The number of nitrogens with zero attached hydrogens (tertiary/aromatic N) is 2. The van der Waals surface area contributed by atoms with Crippen molar-refractivity contribution in [1.82, 2.24) is 15.1 Å². The molecule has 1 atom stereocenters. The molecule has 2 aromatic rings. The van der Waals surface area contributed by atoms with E-state index in [0.717, 1.165) is 17.1 Å². The molecule has 29 heavy (non-hydrogen) atoms. The lowest BCUT2D eigenvalue weighted by molar-refractivity contribution is -0.140. The van der Waals surface area contributed by atoms with Crippen LogP contribution in [-0.4, -0.2) is 47.3 Å². The summed E-state index contributed by atoms with van der Waals surface area (Å²) in [7, 11) is 0. The Hall–Kier alpha value is -2.05. The maximum Gasteiger partial charge on any atom is 0.223 e. The topological polar surface area (TPSA) is 67.5 Å². The van der Waals surface area contributed by atoms with E-state index in [1.807, 2.05) is 35.2 Å². The standard InChI is InChI=1S/C22H28ClN3O3/c23-17-5-7-19(8-6-17)28-11-9-18-14-20(25-24-18)21-15-26(10-12-29-21)22(27)13-16-3-1-2-4-16/h5-8,14,16,21H,1-4,9-13,15H2,(H,24,25)/t21-/m1/s1. The van der Waals surface area contributed by atoms with E-state index in [9.17, 15) is 4.79 Å². The van der Waals surface area contributed by atoms with Crippen LogP contribution in [0.3, 0.4) is 0 Å². The number of H-pyrrole nitrogens is 1. The summed E-state index contributed by atoms with van der Waals surface area (Å²) in [6, 6.07) is 9.35. The van der Waals surface area contributed by atoms with Gasteiger partial charge in [-0.25, -0.2) is 0 Å². The lowest BCUT2D eigenvalue weighted by Gasteiger charge is -2.32. The van der Waals surface area contributed by atoms with E-state index in [4.69, 9.17) is 21.1 Å². The van der Waals surface area contributed by atoms with E-state index in [0.29, 0.717) is 50.1 Å². The van der Waals surface area contributed by atoms with E-state index in [-0.39, 0.29) is 12.0 Å². The van der Waals surface area contributed by atoms with Crippen molar-refractivity contribution in [3.05, 3.63) is 46.7 Å². The van der Waals surface area contributed by atoms with Crippen molar-refractivity contribution >= 4 is 17.5 Å². The first-order valence-corrected chi connectivity index (χ1v) is 10.9. The third-order valence-electron chi connectivity index (χ3n) is 5.79. The molecule has 2 heterocycles. The zero-order valence-electron chi connectivity index (χ0n) is 16.6. The van der Waals surface area contributed by atoms with Gasteiger partial charge < -0.3 is 14.4 Å². The smallest absolute Gasteiger partial charge is 0.223 e. The predicted molar refractivity (Wildman–Crippen MR) is 111 cm³/mol. The molecule has 2 aliphatic rings. The Morgan fingerprint density at radius 1 is 1.28 bits per heavy atom. The highest BCUT2D eigenvalue weighted by Gasteiger charge is 2.29. The number of carbonyl (C=O) groups is 1. The minimum atomic E-state index is -0.168. The second-order valence-corrected chi connectivity index (χ2v) is 8.36. The second-order valence-electron chi connectivity index (χ2n) is 7.92. The Balaban J connectivity index is 1.26. The zero-order valence-corrected chi connectivity index (χ0v) is 17.4. The van der Waals surface area contributed by atoms with Crippen LogP contribution in [0.5, 0.6) is 5.75 Å². The van der Waals surface area contributed by atoms with Gasteiger partial charge in [0.05, 0.1) is 25.5 Å². The van der Waals surface area contributed by atoms with Gasteiger partial charge in [-0.1, -0.05) is 24.4 Å². The zero-order chi connectivity index (χ0) is 20.1. The number of hydrogen-bond acceptors (Lipinski definition) is 4. The van der Waals surface area contributed by atoms with Crippen LogP contribution < -0.4 is 4.74 Å². The highest BCUT2D eigenvalue weighted by molar-refractivity contribution is 6.30. The van der Waals surface area contributed by atoms with Crippen molar-refractivity contribution in [3.8, 4) is 5.75 Å². The molecule has 1 aliphatic heterocycles. The molecule has 156 valence electrons. The number of nitrogens with one attached hydrogen (secondary N) is 1. The third kappa shape index (κ3) is 5.52. The van der Waals surface area contributed by atoms with Gasteiger partial charge in [0.2, 0.25) is 5.91 Å². The lowest BCUT2D eigenvalue weighted by atomic mass is 10.0. The summed E-state index contributed by atoms with van der Waals surface area (Å²) in [5, 5.41) is 8.17. The van der Waals surface area contributed by atoms with Gasteiger partial charge >= 0.3 is 0 Å². The average molecular weight is 418 g/mol. The van der Waals surface area contributed by atoms with Crippen molar-refractivity contribution in [2.45, 2.75) is 44.6 Å². The van der Waals surface area contributed by atoms with E-state index in [1.54, 1.807) is 0 Å². The number of hydrogen-bond donors (Lipinski definition) is 1. The van der Waals surface area contributed by atoms with Crippen LogP contribution in [0, 0.1) is 5.92 Å². The number of ether oxygens (including phenoxy) is 2. The van der Waals surface area contributed by atoms with Gasteiger partial charge in [-0.3, -0.25) is 9.89 Å². The lowest BCUT2D eigenvalue weighted by Crippen LogP contribution is -2.42. The predicted octanol–water partition coefficient (Wildman–Crippen LogP) is 4.16. The Morgan fingerprint density at radius 2 is 2.07 bits per heavy atom. The van der Waals surface area contributed by atoms with Gasteiger partial charge in [0, 0.05) is 30.1 Å². The van der Waals surface area contributed by atoms with Crippen LogP contribution in [0.4, 0.5) is 0 Å². The quantitative estimate of drug-likeness (QED) is 0.734. The van der Waals surface area contributed by atoms with E-state index >= 15 is 0 Å². The normalized spacial score (nSPS) is 20.2. The first-order valence-electron chi connectivity index (χ1n) is 10.5. The van der Waals surface area contributed by atoms with Gasteiger partial charge in [-0.15, -0.1) is 0 Å². The van der Waals surface area contributed by atoms with Crippen molar-refractivity contribution in [2.75, 3.05) is 26.3 Å². The first-order chi connectivity index (χ1) is 14.2. The minimum absolute atomic E-state index is 0.168. The largest absolute Gasteiger partial charge is 0.493 e. The van der Waals surface area contributed by atoms with Crippen molar-refractivity contribution < 1.29 is 14.3 Å². The number of morpholine rings is 1. The molecule has 4 rings (SSSR count). The summed E-state index contributed by atoms with van der Waals surface area (Å²) in [4.78, 5) is 14.6.